The van der Waals surface area contributed by atoms with Gasteiger partial charge in [-0.25, -0.2) is 0 Å². The number of allylic oxidation sites excluding steroid dienone is 4. The minimum absolute atomic E-state index is 0.460. The van der Waals surface area contributed by atoms with Gasteiger partial charge in [-0.2, -0.15) is 0 Å². The molecule has 0 N–H and O–H groups in total. The van der Waals surface area contributed by atoms with Crippen LogP contribution in [0.25, 0.3) is 0 Å². The number of hydrogen-bond acceptors (Lipinski definition) is 0. The Kier molecular flexibility index (Phi) is 3.29. The molecule has 0 saturated heterocycles. The molecule has 1 atom stereocenters. The molecular weight excluding hydrogens is 261 g/mol. The Balaban J connectivity index is 2.95. The number of hydrogen-bond donors (Lipinski definition) is 0. The molecule has 1 rings (SSSR count). The van der Waals surface area contributed by atoms with Crippen LogP contribution >= 0.6 is 58.0 Å². The summed E-state index contributed by atoms with van der Waals surface area (Å²) in [6.45, 7) is 0. The van der Waals surface area contributed by atoms with Gasteiger partial charge in [0.05, 0.1) is 0 Å². The summed E-state index contributed by atoms with van der Waals surface area (Å²) in [5.74, 6) is 0. The first-order chi connectivity index (χ1) is 5.35. The number of rotatable bonds is 0. The Bertz CT molecular complexity index is 237. The molecule has 1 unspecified atom stereocenters. The molecule has 0 radical (unpaired) electrons. The van der Waals surface area contributed by atoms with Gasteiger partial charge in [0.2, 0.25) is 3.79 Å². The minimum atomic E-state index is -1.54. The van der Waals surface area contributed by atoms with Gasteiger partial charge in [-0.05, 0) is 18.6 Å². The first-order valence-corrected chi connectivity index (χ1v) is 5.05. The van der Waals surface area contributed by atoms with Crippen molar-refractivity contribution in [2.24, 2.45) is 0 Å². The molecule has 68 valence electrons. The fourth-order valence-corrected chi connectivity index (χ4v) is 1.80. The molecule has 0 spiro atoms. The summed E-state index contributed by atoms with van der Waals surface area (Å²) < 4.78 is -1.54. The molecule has 5 heteroatoms. The Morgan fingerprint density at radius 1 is 1.33 bits per heavy atom. The van der Waals surface area contributed by atoms with Gasteiger partial charge in [-0.1, -0.05) is 52.5 Å². The lowest BCUT2D eigenvalue weighted by molar-refractivity contribution is 0.718. The van der Waals surface area contributed by atoms with Crippen molar-refractivity contribution in [3.05, 3.63) is 23.3 Å². The van der Waals surface area contributed by atoms with Crippen LogP contribution in [0.4, 0.5) is 0 Å². The van der Waals surface area contributed by atoms with Gasteiger partial charge in [-0.3, -0.25) is 0 Å². The second-order valence-corrected chi connectivity index (χ2v) is 5.89. The average molecular weight is 266 g/mol. The summed E-state index contributed by atoms with van der Waals surface area (Å²) in [6, 6.07) is 0. The lowest BCUT2D eigenvalue weighted by Crippen LogP contribution is -2.35. The Morgan fingerprint density at radius 2 is 1.92 bits per heavy atom. The second-order valence-electron chi connectivity index (χ2n) is 2.50. The van der Waals surface area contributed by atoms with Crippen LogP contribution in [-0.2, 0) is 0 Å². The fourth-order valence-electron chi connectivity index (χ4n) is 0.866. The normalized spacial score (nSPS) is 30.2. The van der Waals surface area contributed by atoms with Crippen LogP contribution in [-0.4, -0.2) is 8.67 Å². The van der Waals surface area contributed by atoms with E-state index < -0.39 is 8.67 Å². The van der Waals surface area contributed by atoms with Crippen molar-refractivity contribution in [3.63, 3.8) is 0 Å². The third kappa shape index (κ3) is 2.24. The molecule has 0 heterocycles. The first kappa shape index (κ1) is 11.0. The molecule has 0 aromatic rings. The van der Waals surface area contributed by atoms with Gasteiger partial charge in [0, 0.05) is 5.03 Å². The van der Waals surface area contributed by atoms with Crippen LogP contribution < -0.4 is 0 Å². The first-order valence-electron chi connectivity index (χ1n) is 3.16. The third-order valence-corrected chi connectivity index (χ3v) is 3.61. The maximum atomic E-state index is 6.04. The molecule has 1 aliphatic rings. The van der Waals surface area contributed by atoms with E-state index in [0.717, 1.165) is 0 Å². The SMILES string of the molecule is ClC1=CC(Cl)(C(Cl)(Cl)Cl)CC=C1. The maximum absolute atomic E-state index is 6.04. The summed E-state index contributed by atoms with van der Waals surface area (Å²) in [4.78, 5) is -1.02. The predicted octanol–water partition coefficient (Wildman–Crippen LogP) is 4.42. The van der Waals surface area contributed by atoms with Crippen molar-refractivity contribution in [2.75, 3.05) is 0 Å². The summed E-state index contributed by atoms with van der Waals surface area (Å²) in [5, 5.41) is 0.488. The molecule has 12 heavy (non-hydrogen) atoms. The van der Waals surface area contributed by atoms with Gasteiger partial charge >= 0.3 is 0 Å². The molecule has 0 bridgehead atoms. The largest absolute Gasteiger partial charge is 0.213 e. The van der Waals surface area contributed by atoms with Crippen LogP contribution in [0.2, 0.25) is 0 Å². The van der Waals surface area contributed by atoms with E-state index in [4.69, 9.17) is 58.0 Å². The Hall–Kier alpha value is 0.930. The van der Waals surface area contributed by atoms with Crippen molar-refractivity contribution < 1.29 is 0 Å². The Labute approximate surface area is 96.1 Å². The molecule has 0 nitrogen and oxygen atoms in total. The highest BCUT2D eigenvalue weighted by atomic mass is 35.6. The van der Waals surface area contributed by atoms with E-state index in [1.165, 1.54) is 0 Å². The molecule has 0 saturated carbocycles. The summed E-state index contributed by atoms with van der Waals surface area (Å²) in [5.41, 5.74) is 0. The smallest absolute Gasteiger partial charge is 0.110 e. The lowest BCUT2D eigenvalue weighted by Gasteiger charge is -2.31. The van der Waals surface area contributed by atoms with Crippen molar-refractivity contribution in [3.8, 4) is 0 Å². The van der Waals surface area contributed by atoms with E-state index in [1.54, 1.807) is 18.2 Å². The van der Waals surface area contributed by atoms with Crippen LogP contribution in [0.5, 0.6) is 0 Å². The predicted molar refractivity (Wildman–Crippen MR) is 56.6 cm³/mol. The van der Waals surface area contributed by atoms with E-state index in [2.05, 4.69) is 0 Å². The fraction of sp³-hybridized carbons (Fsp3) is 0.429. The van der Waals surface area contributed by atoms with Crippen molar-refractivity contribution in [2.45, 2.75) is 15.1 Å². The zero-order chi connectivity index (χ0) is 9.41. The highest BCUT2D eigenvalue weighted by Crippen LogP contribution is 2.48. The topological polar surface area (TPSA) is 0 Å². The number of alkyl halides is 4. The highest BCUT2D eigenvalue weighted by Gasteiger charge is 2.45. The van der Waals surface area contributed by atoms with Gasteiger partial charge in [0.25, 0.3) is 0 Å². The third-order valence-electron chi connectivity index (χ3n) is 1.53. The van der Waals surface area contributed by atoms with Crippen molar-refractivity contribution in [1.29, 1.82) is 0 Å². The average Bonchev–Trinajstić information content (AvgIpc) is 1.83. The van der Waals surface area contributed by atoms with E-state index in [1.807, 2.05) is 0 Å². The zero-order valence-electron chi connectivity index (χ0n) is 5.83. The summed E-state index contributed by atoms with van der Waals surface area (Å²) >= 11 is 28.8. The van der Waals surface area contributed by atoms with Gasteiger partial charge < -0.3 is 0 Å². The standard InChI is InChI=1S/C7H5Cl5/c8-5-2-1-3-6(9,4-5)7(10,11)12/h1-2,4H,3H2. The van der Waals surface area contributed by atoms with E-state index in [9.17, 15) is 0 Å². The van der Waals surface area contributed by atoms with E-state index in [-0.39, 0.29) is 0 Å². The molecule has 0 aromatic carbocycles. The second kappa shape index (κ2) is 3.59. The zero-order valence-corrected chi connectivity index (χ0v) is 9.61. The van der Waals surface area contributed by atoms with Crippen LogP contribution in [0, 0.1) is 0 Å². The molecule has 0 aliphatic heterocycles. The van der Waals surface area contributed by atoms with Crippen LogP contribution in [0.1, 0.15) is 6.42 Å². The van der Waals surface area contributed by atoms with E-state index in [0.29, 0.717) is 11.5 Å². The highest BCUT2D eigenvalue weighted by molar-refractivity contribution is 6.71. The summed E-state index contributed by atoms with van der Waals surface area (Å²) in [7, 11) is 0. The van der Waals surface area contributed by atoms with Crippen molar-refractivity contribution in [1.82, 2.24) is 0 Å². The monoisotopic (exact) mass is 264 g/mol. The molecule has 0 aromatic heterocycles. The molecule has 1 aliphatic carbocycles. The minimum Gasteiger partial charge on any atom is -0.110 e. The quantitative estimate of drug-likeness (QED) is 0.569. The van der Waals surface area contributed by atoms with Gasteiger partial charge in [-0.15, -0.1) is 11.6 Å². The van der Waals surface area contributed by atoms with Crippen LogP contribution in [0.15, 0.2) is 23.3 Å². The molecule has 0 amide bonds. The lowest BCUT2D eigenvalue weighted by atomic mass is 10.0. The molecule has 0 fully saturated rings. The molecular formula is C7H5Cl5. The van der Waals surface area contributed by atoms with Gasteiger partial charge in [0.15, 0.2) is 0 Å². The Morgan fingerprint density at radius 3 is 2.25 bits per heavy atom. The van der Waals surface area contributed by atoms with E-state index >= 15 is 0 Å². The van der Waals surface area contributed by atoms with Crippen molar-refractivity contribution >= 4 is 58.0 Å². The number of halogens is 5. The van der Waals surface area contributed by atoms with Crippen LogP contribution in [0.3, 0.4) is 0 Å². The maximum Gasteiger partial charge on any atom is 0.213 e. The van der Waals surface area contributed by atoms with Gasteiger partial charge in [0.1, 0.15) is 4.87 Å². The summed E-state index contributed by atoms with van der Waals surface area (Å²) in [6.07, 6.45) is 5.50.